The third-order valence-electron chi connectivity index (χ3n) is 1.86. The van der Waals surface area contributed by atoms with Gasteiger partial charge < -0.3 is 16.4 Å². The molecule has 0 unspecified atom stereocenters. The Labute approximate surface area is 105 Å². The number of nitrogens with one attached hydrogen (secondary N) is 2. The van der Waals surface area contributed by atoms with E-state index >= 15 is 0 Å². The van der Waals surface area contributed by atoms with Gasteiger partial charge in [-0.05, 0) is 12.1 Å². The smallest absolute Gasteiger partial charge is 0.244 e. The van der Waals surface area contributed by atoms with Crippen LogP contribution in [0.3, 0.4) is 0 Å². The number of nitrogens with two attached hydrogens (primary N) is 1. The molecule has 0 saturated carbocycles. The number of carbonyl (C=O) groups is 2. The van der Waals surface area contributed by atoms with Crippen molar-refractivity contribution >= 4 is 17.6 Å². The summed E-state index contributed by atoms with van der Waals surface area (Å²) in [7, 11) is 0. The lowest BCUT2D eigenvalue weighted by molar-refractivity contribution is -0.122. The van der Waals surface area contributed by atoms with Crippen LogP contribution in [0, 0.1) is 11.8 Å². The van der Waals surface area contributed by atoms with Gasteiger partial charge in [-0.3, -0.25) is 9.59 Å². The molecule has 0 saturated heterocycles. The van der Waals surface area contributed by atoms with Gasteiger partial charge in [0.2, 0.25) is 11.8 Å². The van der Waals surface area contributed by atoms with Crippen molar-refractivity contribution in [3.05, 3.63) is 23.9 Å². The average Bonchev–Trinajstić information content (AvgIpc) is 2.34. The second kappa shape index (κ2) is 7.04. The first kappa shape index (κ1) is 13.7. The zero-order chi connectivity index (χ0) is 13.4. The van der Waals surface area contributed by atoms with Crippen LogP contribution in [0.25, 0.3) is 0 Å². The van der Waals surface area contributed by atoms with Gasteiger partial charge in [-0.15, -0.1) is 0 Å². The van der Waals surface area contributed by atoms with Crippen molar-refractivity contribution in [3.63, 3.8) is 0 Å². The van der Waals surface area contributed by atoms with Crippen molar-refractivity contribution in [1.29, 1.82) is 0 Å². The Hall–Kier alpha value is -2.39. The first-order valence-corrected chi connectivity index (χ1v) is 5.31. The molecule has 0 fully saturated rings. The first-order valence-electron chi connectivity index (χ1n) is 5.31. The standard InChI is InChI=1S/C12H14N4O2/c1-9(17)15-8-12(18)16-11-7-10(3-2-5-13)4-6-14-11/h4,6-7H,5,8,13H2,1H3,(H,15,17)(H,14,16,18). The Morgan fingerprint density at radius 3 is 2.94 bits per heavy atom. The van der Waals surface area contributed by atoms with E-state index in [2.05, 4.69) is 27.5 Å². The molecule has 1 heterocycles. The second-order valence-corrected chi connectivity index (χ2v) is 3.39. The number of aromatic nitrogens is 1. The first-order chi connectivity index (χ1) is 8.61. The lowest BCUT2D eigenvalue weighted by Gasteiger charge is -2.04. The molecule has 0 atom stereocenters. The molecular weight excluding hydrogens is 232 g/mol. The Kier molecular flexibility index (Phi) is 5.35. The van der Waals surface area contributed by atoms with Crippen LogP contribution < -0.4 is 16.4 Å². The van der Waals surface area contributed by atoms with Crippen LogP contribution in [0.4, 0.5) is 5.82 Å². The van der Waals surface area contributed by atoms with Crippen LogP contribution in [0.1, 0.15) is 12.5 Å². The molecule has 0 aliphatic heterocycles. The van der Waals surface area contributed by atoms with Gasteiger partial charge in [-0.2, -0.15) is 0 Å². The summed E-state index contributed by atoms with van der Waals surface area (Å²) in [4.78, 5) is 26.0. The molecule has 4 N–H and O–H groups in total. The molecule has 94 valence electrons. The summed E-state index contributed by atoms with van der Waals surface area (Å²) >= 11 is 0. The Balaban J connectivity index is 2.61. The number of amides is 2. The van der Waals surface area contributed by atoms with Crippen molar-refractivity contribution in [1.82, 2.24) is 10.3 Å². The zero-order valence-corrected chi connectivity index (χ0v) is 9.99. The van der Waals surface area contributed by atoms with Gasteiger partial charge >= 0.3 is 0 Å². The van der Waals surface area contributed by atoms with E-state index in [1.165, 1.54) is 13.1 Å². The molecule has 0 aliphatic rings. The molecule has 1 aromatic heterocycles. The highest BCUT2D eigenvalue weighted by atomic mass is 16.2. The molecular formula is C12H14N4O2. The Bertz CT molecular complexity index is 502. The maximum absolute atomic E-state index is 11.4. The summed E-state index contributed by atoms with van der Waals surface area (Å²) in [5, 5.41) is 4.94. The topological polar surface area (TPSA) is 97.1 Å². The second-order valence-electron chi connectivity index (χ2n) is 3.39. The fourth-order valence-electron chi connectivity index (χ4n) is 1.12. The van der Waals surface area contributed by atoms with Crippen molar-refractivity contribution in [3.8, 4) is 11.8 Å². The van der Waals surface area contributed by atoms with E-state index < -0.39 is 0 Å². The molecule has 1 rings (SSSR count). The van der Waals surface area contributed by atoms with Crippen LogP contribution >= 0.6 is 0 Å². The van der Waals surface area contributed by atoms with E-state index in [0.717, 1.165) is 0 Å². The Morgan fingerprint density at radius 1 is 1.50 bits per heavy atom. The molecule has 18 heavy (non-hydrogen) atoms. The van der Waals surface area contributed by atoms with Gasteiger partial charge in [0, 0.05) is 18.7 Å². The molecule has 1 aromatic rings. The third kappa shape index (κ3) is 5.09. The van der Waals surface area contributed by atoms with E-state index in [1.807, 2.05) is 0 Å². The summed E-state index contributed by atoms with van der Waals surface area (Å²) in [5.74, 6) is 5.31. The van der Waals surface area contributed by atoms with Crippen LogP contribution in [0.15, 0.2) is 18.3 Å². The quantitative estimate of drug-likeness (QED) is 0.624. The minimum absolute atomic E-state index is 0.0876. The number of nitrogens with zero attached hydrogens (tertiary/aromatic N) is 1. The predicted molar refractivity (Wildman–Crippen MR) is 67.5 cm³/mol. The van der Waals surface area contributed by atoms with Crippen LogP contribution in [-0.4, -0.2) is 29.9 Å². The molecule has 6 nitrogen and oxygen atoms in total. The Morgan fingerprint density at radius 2 is 2.28 bits per heavy atom. The molecule has 6 heteroatoms. The fourth-order valence-corrected chi connectivity index (χ4v) is 1.12. The SMILES string of the molecule is CC(=O)NCC(=O)Nc1cc(C#CCN)ccn1. The highest BCUT2D eigenvalue weighted by Gasteiger charge is 2.03. The van der Waals surface area contributed by atoms with Gasteiger partial charge in [0.15, 0.2) is 0 Å². The van der Waals surface area contributed by atoms with Gasteiger partial charge in [0.1, 0.15) is 5.82 Å². The van der Waals surface area contributed by atoms with Crippen LogP contribution in [0.5, 0.6) is 0 Å². The highest BCUT2D eigenvalue weighted by molar-refractivity contribution is 5.93. The lowest BCUT2D eigenvalue weighted by Crippen LogP contribution is -2.31. The maximum atomic E-state index is 11.4. The van der Waals surface area contributed by atoms with Gasteiger partial charge in [-0.25, -0.2) is 4.98 Å². The van der Waals surface area contributed by atoms with Crippen molar-refractivity contribution < 1.29 is 9.59 Å². The monoisotopic (exact) mass is 246 g/mol. The molecule has 0 aliphatic carbocycles. The minimum atomic E-state index is -0.346. The minimum Gasteiger partial charge on any atom is -0.347 e. The van der Waals surface area contributed by atoms with Crippen LogP contribution in [-0.2, 0) is 9.59 Å². The van der Waals surface area contributed by atoms with Crippen molar-refractivity contribution in [2.75, 3.05) is 18.4 Å². The summed E-state index contributed by atoms with van der Waals surface area (Å²) in [6.07, 6.45) is 1.54. The van der Waals surface area contributed by atoms with E-state index in [-0.39, 0.29) is 24.9 Å². The van der Waals surface area contributed by atoms with Gasteiger partial charge in [0.05, 0.1) is 13.1 Å². The van der Waals surface area contributed by atoms with Crippen molar-refractivity contribution in [2.24, 2.45) is 5.73 Å². The van der Waals surface area contributed by atoms with Gasteiger partial charge in [0.25, 0.3) is 0 Å². The number of hydrogen-bond acceptors (Lipinski definition) is 4. The number of hydrogen-bond donors (Lipinski definition) is 3. The molecule has 2 amide bonds. The summed E-state index contributed by atoms with van der Waals surface area (Å²) in [6.45, 7) is 1.52. The number of anilines is 1. The van der Waals surface area contributed by atoms with Crippen molar-refractivity contribution in [2.45, 2.75) is 6.92 Å². The number of rotatable bonds is 3. The third-order valence-corrected chi connectivity index (χ3v) is 1.86. The van der Waals surface area contributed by atoms with E-state index in [1.54, 1.807) is 12.1 Å². The number of carbonyl (C=O) groups excluding carboxylic acids is 2. The summed E-state index contributed by atoms with van der Waals surface area (Å²) in [6, 6.07) is 3.35. The molecule has 0 bridgehead atoms. The number of pyridine rings is 1. The molecule has 0 radical (unpaired) electrons. The van der Waals surface area contributed by atoms with Gasteiger partial charge in [-0.1, -0.05) is 11.8 Å². The van der Waals surface area contributed by atoms with E-state index in [0.29, 0.717) is 11.4 Å². The van der Waals surface area contributed by atoms with Crippen LogP contribution in [0.2, 0.25) is 0 Å². The average molecular weight is 246 g/mol. The normalized spacial score (nSPS) is 9.00. The molecule has 0 spiro atoms. The summed E-state index contributed by atoms with van der Waals surface area (Å²) < 4.78 is 0. The van der Waals surface area contributed by atoms with E-state index in [9.17, 15) is 9.59 Å². The summed E-state index contributed by atoms with van der Waals surface area (Å²) in [5.41, 5.74) is 5.98. The largest absolute Gasteiger partial charge is 0.347 e. The molecule has 0 aromatic carbocycles. The maximum Gasteiger partial charge on any atom is 0.244 e. The highest BCUT2D eigenvalue weighted by Crippen LogP contribution is 2.05. The van der Waals surface area contributed by atoms with E-state index in [4.69, 9.17) is 5.73 Å². The zero-order valence-electron chi connectivity index (χ0n) is 9.99. The predicted octanol–water partition coefficient (Wildman–Crippen LogP) is -0.534. The fraction of sp³-hybridized carbons (Fsp3) is 0.250. The lowest BCUT2D eigenvalue weighted by atomic mass is 10.2.